The molecule has 0 saturated heterocycles. The van der Waals surface area contributed by atoms with Gasteiger partial charge in [-0.05, 0) is 42.0 Å². The number of thiocarbonyl (C=S) groups is 1. The lowest BCUT2D eigenvalue weighted by molar-refractivity contribution is -0.0498. The monoisotopic (exact) mass is 343 g/mol. The molecule has 0 amide bonds. The first kappa shape index (κ1) is 16.4. The summed E-state index contributed by atoms with van der Waals surface area (Å²) in [5, 5.41) is 6.81. The molecule has 116 valence electrons. The number of ether oxygens (including phenoxy) is 1. The highest BCUT2D eigenvalue weighted by Crippen LogP contribution is 2.15. The van der Waals surface area contributed by atoms with Gasteiger partial charge in [-0.3, -0.25) is 0 Å². The standard InChI is InChI=1S/C14H12ClF2N3OS/c15-10-3-6-12(18-8-10)20-14(22)19-7-9-1-4-11(5-2-9)21-13(16)17/h1-6,8,13H,7H2,(H2,18,19,20,22). The molecule has 4 nitrogen and oxygen atoms in total. The molecular formula is C14H12ClF2N3OS. The van der Waals surface area contributed by atoms with Gasteiger partial charge in [-0.25, -0.2) is 4.98 Å². The van der Waals surface area contributed by atoms with Crippen molar-refractivity contribution >= 4 is 34.7 Å². The molecule has 0 aliphatic carbocycles. The van der Waals surface area contributed by atoms with Crippen LogP contribution in [0.4, 0.5) is 14.6 Å². The minimum Gasteiger partial charge on any atom is -0.435 e. The molecule has 0 radical (unpaired) electrons. The third kappa shape index (κ3) is 5.42. The molecule has 0 atom stereocenters. The number of benzene rings is 1. The SMILES string of the molecule is FC(F)Oc1ccc(CNC(=S)Nc2ccc(Cl)cn2)cc1. The Morgan fingerprint density at radius 2 is 1.95 bits per heavy atom. The Bertz CT molecular complexity index is 623. The first-order valence-corrected chi connectivity index (χ1v) is 7.02. The Hall–Kier alpha value is -1.99. The number of hydrogen-bond donors (Lipinski definition) is 2. The average Bonchev–Trinajstić information content (AvgIpc) is 2.48. The van der Waals surface area contributed by atoms with Gasteiger partial charge < -0.3 is 15.4 Å². The van der Waals surface area contributed by atoms with Crippen LogP contribution in [0.3, 0.4) is 0 Å². The second-order valence-electron chi connectivity index (χ2n) is 4.19. The summed E-state index contributed by atoms with van der Waals surface area (Å²) in [4.78, 5) is 4.05. The van der Waals surface area contributed by atoms with Crippen LogP contribution in [0.5, 0.6) is 5.75 Å². The maximum atomic E-state index is 12.0. The topological polar surface area (TPSA) is 46.2 Å². The lowest BCUT2D eigenvalue weighted by atomic mass is 10.2. The Labute approximate surface area is 136 Å². The van der Waals surface area contributed by atoms with E-state index in [1.807, 2.05) is 0 Å². The molecule has 2 N–H and O–H groups in total. The molecule has 0 saturated carbocycles. The number of halogens is 3. The zero-order valence-electron chi connectivity index (χ0n) is 11.2. The average molecular weight is 344 g/mol. The van der Waals surface area contributed by atoms with E-state index >= 15 is 0 Å². The van der Waals surface area contributed by atoms with Gasteiger partial charge in [0.05, 0.1) is 5.02 Å². The Morgan fingerprint density at radius 3 is 2.55 bits per heavy atom. The first-order chi connectivity index (χ1) is 10.5. The van der Waals surface area contributed by atoms with E-state index < -0.39 is 6.61 Å². The fourth-order valence-electron chi connectivity index (χ4n) is 1.58. The van der Waals surface area contributed by atoms with Crippen molar-refractivity contribution in [1.29, 1.82) is 0 Å². The van der Waals surface area contributed by atoms with Gasteiger partial charge in [-0.15, -0.1) is 0 Å². The van der Waals surface area contributed by atoms with Crippen molar-refractivity contribution in [2.24, 2.45) is 0 Å². The van der Waals surface area contributed by atoms with E-state index in [1.54, 1.807) is 24.3 Å². The number of anilines is 1. The van der Waals surface area contributed by atoms with Crippen LogP contribution in [-0.4, -0.2) is 16.7 Å². The van der Waals surface area contributed by atoms with E-state index in [4.69, 9.17) is 23.8 Å². The van der Waals surface area contributed by atoms with Crippen LogP contribution >= 0.6 is 23.8 Å². The van der Waals surface area contributed by atoms with E-state index in [2.05, 4.69) is 20.4 Å². The van der Waals surface area contributed by atoms with E-state index in [0.717, 1.165) is 5.56 Å². The van der Waals surface area contributed by atoms with Crippen molar-refractivity contribution in [3.8, 4) is 5.75 Å². The van der Waals surface area contributed by atoms with Gasteiger partial charge in [-0.2, -0.15) is 8.78 Å². The summed E-state index contributed by atoms with van der Waals surface area (Å²) >= 11 is 10.9. The number of rotatable bonds is 5. The minimum absolute atomic E-state index is 0.116. The summed E-state index contributed by atoms with van der Waals surface area (Å²) in [6, 6.07) is 9.69. The van der Waals surface area contributed by atoms with Crippen LogP contribution in [0.1, 0.15) is 5.56 Å². The van der Waals surface area contributed by atoms with Crippen molar-refractivity contribution in [3.05, 3.63) is 53.2 Å². The predicted octanol–water partition coefficient (Wildman–Crippen LogP) is 3.82. The Balaban J connectivity index is 1.81. The lowest BCUT2D eigenvalue weighted by Gasteiger charge is -2.10. The van der Waals surface area contributed by atoms with E-state index in [-0.39, 0.29) is 5.75 Å². The lowest BCUT2D eigenvalue weighted by Crippen LogP contribution is -2.28. The van der Waals surface area contributed by atoms with E-state index in [9.17, 15) is 8.78 Å². The third-order valence-corrected chi connectivity index (χ3v) is 3.04. The second-order valence-corrected chi connectivity index (χ2v) is 5.04. The summed E-state index contributed by atoms with van der Waals surface area (Å²) < 4.78 is 28.3. The number of aromatic nitrogens is 1. The van der Waals surface area contributed by atoms with E-state index in [0.29, 0.717) is 22.5 Å². The van der Waals surface area contributed by atoms with Gasteiger partial charge in [-0.1, -0.05) is 23.7 Å². The van der Waals surface area contributed by atoms with Crippen molar-refractivity contribution in [1.82, 2.24) is 10.3 Å². The molecule has 0 bridgehead atoms. The molecule has 0 aliphatic heterocycles. The zero-order chi connectivity index (χ0) is 15.9. The van der Waals surface area contributed by atoms with Crippen LogP contribution in [0, 0.1) is 0 Å². The van der Waals surface area contributed by atoms with Crippen LogP contribution in [0.25, 0.3) is 0 Å². The van der Waals surface area contributed by atoms with Crippen molar-refractivity contribution in [2.45, 2.75) is 13.2 Å². The van der Waals surface area contributed by atoms with Crippen LogP contribution in [-0.2, 0) is 6.54 Å². The van der Waals surface area contributed by atoms with Crippen LogP contribution in [0.2, 0.25) is 5.02 Å². The summed E-state index contributed by atoms with van der Waals surface area (Å²) in [7, 11) is 0. The van der Waals surface area contributed by atoms with Gasteiger partial charge in [0.25, 0.3) is 0 Å². The Morgan fingerprint density at radius 1 is 1.23 bits per heavy atom. The van der Waals surface area contributed by atoms with Gasteiger partial charge in [0.2, 0.25) is 0 Å². The van der Waals surface area contributed by atoms with Gasteiger partial charge in [0, 0.05) is 12.7 Å². The largest absolute Gasteiger partial charge is 0.435 e. The fourth-order valence-corrected chi connectivity index (χ4v) is 1.87. The quantitative estimate of drug-likeness (QED) is 0.808. The zero-order valence-corrected chi connectivity index (χ0v) is 12.8. The molecular weight excluding hydrogens is 332 g/mol. The number of alkyl halides is 2. The molecule has 0 unspecified atom stereocenters. The molecule has 2 rings (SSSR count). The fraction of sp³-hybridized carbons (Fsp3) is 0.143. The van der Waals surface area contributed by atoms with E-state index in [1.165, 1.54) is 18.3 Å². The number of hydrogen-bond acceptors (Lipinski definition) is 3. The highest BCUT2D eigenvalue weighted by Gasteiger charge is 2.04. The molecule has 1 aromatic carbocycles. The molecule has 1 heterocycles. The summed E-state index contributed by atoms with van der Waals surface area (Å²) in [5.74, 6) is 0.687. The molecule has 8 heteroatoms. The van der Waals surface area contributed by atoms with Crippen molar-refractivity contribution in [3.63, 3.8) is 0 Å². The summed E-state index contributed by atoms with van der Waals surface area (Å²) in [5.41, 5.74) is 0.870. The number of nitrogens with zero attached hydrogens (tertiary/aromatic N) is 1. The molecule has 0 aliphatic rings. The maximum absolute atomic E-state index is 12.0. The van der Waals surface area contributed by atoms with Crippen LogP contribution < -0.4 is 15.4 Å². The van der Waals surface area contributed by atoms with Gasteiger partial charge >= 0.3 is 6.61 Å². The third-order valence-electron chi connectivity index (χ3n) is 2.57. The normalized spacial score (nSPS) is 10.4. The van der Waals surface area contributed by atoms with Crippen molar-refractivity contribution in [2.75, 3.05) is 5.32 Å². The van der Waals surface area contributed by atoms with Gasteiger partial charge in [0.15, 0.2) is 5.11 Å². The summed E-state index contributed by atoms with van der Waals surface area (Å²) in [6.45, 7) is -2.39. The van der Waals surface area contributed by atoms with Gasteiger partial charge in [0.1, 0.15) is 11.6 Å². The highest BCUT2D eigenvalue weighted by molar-refractivity contribution is 7.80. The predicted molar refractivity (Wildman–Crippen MR) is 85.4 cm³/mol. The maximum Gasteiger partial charge on any atom is 0.387 e. The molecule has 0 fully saturated rings. The molecule has 1 aromatic heterocycles. The van der Waals surface area contributed by atoms with Crippen molar-refractivity contribution < 1.29 is 13.5 Å². The highest BCUT2D eigenvalue weighted by atomic mass is 35.5. The first-order valence-electron chi connectivity index (χ1n) is 6.23. The minimum atomic E-state index is -2.83. The number of pyridine rings is 1. The smallest absolute Gasteiger partial charge is 0.387 e. The number of nitrogens with one attached hydrogen (secondary N) is 2. The molecule has 0 spiro atoms. The van der Waals surface area contributed by atoms with Crippen LogP contribution in [0.15, 0.2) is 42.6 Å². The Kier molecular flexibility index (Phi) is 5.85. The summed E-state index contributed by atoms with van der Waals surface area (Å²) in [6.07, 6.45) is 1.51. The molecule has 2 aromatic rings. The second kappa shape index (κ2) is 7.86. The molecule has 22 heavy (non-hydrogen) atoms.